The molecular weight excluding hydrogens is 302 g/mol. The van der Waals surface area contributed by atoms with Crippen LogP contribution in [0.25, 0.3) is 0 Å². The summed E-state index contributed by atoms with van der Waals surface area (Å²) < 4.78 is 26.7. The van der Waals surface area contributed by atoms with E-state index in [-0.39, 0.29) is 10.8 Å². The molecule has 7 heteroatoms. The molecule has 0 aliphatic heterocycles. The Bertz CT molecular complexity index is 457. The number of aliphatic hydroxyl groups excluding tert-OH is 1. The fraction of sp³-hybridized carbons (Fsp3) is 0.667. The van der Waals surface area contributed by atoms with Crippen molar-refractivity contribution in [3.63, 3.8) is 0 Å². The maximum absolute atomic E-state index is 11.9. The second-order valence-electron chi connectivity index (χ2n) is 4.24. The topological polar surface area (TPSA) is 66.4 Å². The van der Waals surface area contributed by atoms with Gasteiger partial charge in [0.15, 0.2) is 0 Å². The summed E-state index contributed by atoms with van der Waals surface area (Å²) in [5.74, 6) is 1.17. The van der Waals surface area contributed by atoms with Crippen molar-refractivity contribution in [2.45, 2.75) is 36.5 Å². The molecule has 0 aliphatic carbocycles. The maximum Gasteiger partial charge on any atom is 0.250 e. The average molecular weight is 324 g/mol. The van der Waals surface area contributed by atoms with E-state index >= 15 is 0 Å². The monoisotopic (exact) mass is 323 g/mol. The number of rotatable bonds is 10. The summed E-state index contributed by atoms with van der Waals surface area (Å²) in [6.07, 6.45) is 6.35. The van der Waals surface area contributed by atoms with Gasteiger partial charge < -0.3 is 5.11 Å². The molecule has 0 atom stereocenters. The summed E-state index contributed by atoms with van der Waals surface area (Å²) in [5, 5.41) is 10.6. The molecule has 1 aromatic heterocycles. The lowest BCUT2D eigenvalue weighted by Crippen LogP contribution is -2.24. The molecule has 1 aromatic rings. The predicted molar refractivity (Wildman–Crippen MR) is 82.3 cm³/mol. The zero-order valence-corrected chi connectivity index (χ0v) is 13.5. The molecule has 2 N–H and O–H groups in total. The van der Waals surface area contributed by atoms with Crippen LogP contribution in [0.4, 0.5) is 0 Å². The fourth-order valence-electron chi connectivity index (χ4n) is 1.58. The van der Waals surface area contributed by atoms with Crippen molar-refractivity contribution in [2.24, 2.45) is 0 Å². The number of thioether (sulfide) groups is 1. The van der Waals surface area contributed by atoms with Crippen molar-refractivity contribution in [3.05, 3.63) is 17.0 Å². The minimum atomic E-state index is -3.39. The molecule has 0 unspecified atom stereocenters. The highest BCUT2D eigenvalue weighted by Gasteiger charge is 2.15. The number of hydrogen-bond donors (Lipinski definition) is 2. The third-order valence-corrected chi connectivity index (χ3v) is 6.29. The molecule has 0 fully saturated rings. The van der Waals surface area contributed by atoms with Gasteiger partial charge >= 0.3 is 0 Å². The molecule has 0 bridgehead atoms. The molecule has 0 spiro atoms. The zero-order valence-electron chi connectivity index (χ0n) is 11.1. The smallest absolute Gasteiger partial charge is 0.250 e. The van der Waals surface area contributed by atoms with Gasteiger partial charge in [0, 0.05) is 6.54 Å². The highest BCUT2D eigenvalue weighted by molar-refractivity contribution is 7.98. The maximum atomic E-state index is 11.9. The normalized spacial score (nSPS) is 11.9. The van der Waals surface area contributed by atoms with E-state index in [9.17, 15) is 8.42 Å². The van der Waals surface area contributed by atoms with Gasteiger partial charge in [0.2, 0.25) is 10.0 Å². The van der Waals surface area contributed by atoms with Crippen molar-refractivity contribution in [1.82, 2.24) is 4.72 Å². The zero-order chi connectivity index (χ0) is 14.1. The Morgan fingerprint density at radius 3 is 2.68 bits per heavy atom. The molecule has 1 rings (SSSR count). The van der Waals surface area contributed by atoms with Crippen LogP contribution in [0.1, 0.15) is 31.2 Å². The predicted octanol–water partition coefficient (Wildman–Crippen LogP) is 2.44. The van der Waals surface area contributed by atoms with E-state index in [2.05, 4.69) is 11.0 Å². The second kappa shape index (κ2) is 8.97. The summed E-state index contributed by atoms with van der Waals surface area (Å²) >= 11 is 2.98. The van der Waals surface area contributed by atoms with Gasteiger partial charge in [0.25, 0.3) is 0 Å². The molecule has 0 aromatic carbocycles. The number of thiophene rings is 1. The number of nitrogens with one attached hydrogen (secondary N) is 1. The Balaban J connectivity index is 2.27. The van der Waals surface area contributed by atoms with Crippen molar-refractivity contribution in [3.8, 4) is 0 Å². The second-order valence-corrected chi connectivity index (χ2v) is 8.13. The van der Waals surface area contributed by atoms with E-state index in [1.807, 2.05) is 11.8 Å². The quantitative estimate of drug-likeness (QED) is 0.649. The van der Waals surface area contributed by atoms with Crippen LogP contribution < -0.4 is 4.72 Å². The van der Waals surface area contributed by atoms with E-state index in [1.54, 1.807) is 5.38 Å². The van der Waals surface area contributed by atoms with Gasteiger partial charge in [-0.3, -0.25) is 0 Å². The highest BCUT2D eigenvalue weighted by atomic mass is 32.2. The highest BCUT2D eigenvalue weighted by Crippen LogP contribution is 2.20. The van der Waals surface area contributed by atoms with Crippen molar-refractivity contribution in [2.75, 3.05) is 18.6 Å². The molecular formula is C12H21NO3S3. The van der Waals surface area contributed by atoms with E-state index in [4.69, 9.17) is 5.11 Å². The first kappa shape index (κ1) is 17.0. The molecule has 1 heterocycles. The molecule has 0 amide bonds. The number of unbranched alkanes of at least 4 members (excludes halogenated alkanes) is 3. The van der Waals surface area contributed by atoms with Gasteiger partial charge in [0.1, 0.15) is 4.21 Å². The van der Waals surface area contributed by atoms with Gasteiger partial charge in [-0.15, -0.1) is 11.3 Å². The van der Waals surface area contributed by atoms with Crippen LogP contribution in [0.2, 0.25) is 0 Å². The fourth-order valence-corrected chi connectivity index (χ4v) is 4.39. The van der Waals surface area contributed by atoms with Crippen LogP contribution >= 0.6 is 23.1 Å². The van der Waals surface area contributed by atoms with E-state index in [1.165, 1.54) is 18.2 Å². The van der Waals surface area contributed by atoms with Gasteiger partial charge in [-0.05, 0) is 41.9 Å². The Morgan fingerprint density at radius 1 is 1.32 bits per heavy atom. The van der Waals surface area contributed by atoms with Crippen LogP contribution in [0.5, 0.6) is 0 Å². The van der Waals surface area contributed by atoms with Crippen LogP contribution in [-0.2, 0) is 16.6 Å². The van der Waals surface area contributed by atoms with E-state index in [0.717, 1.165) is 30.6 Å². The largest absolute Gasteiger partial charge is 0.392 e. The Hall–Kier alpha value is -0.0800. The minimum Gasteiger partial charge on any atom is -0.392 e. The van der Waals surface area contributed by atoms with Gasteiger partial charge in [-0.25, -0.2) is 13.1 Å². The first-order chi connectivity index (χ1) is 9.10. The van der Waals surface area contributed by atoms with Crippen LogP contribution in [-0.4, -0.2) is 32.1 Å². The van der Waals surface area contributed by atoms with Crippen molar-refractivity contribution >= 4 is 33.1 Å². The lowest BCUT2D eigenvalue weighted by Gasteiger charge is -2.04. The lowest BCUT2D eigenvalue weighted by molar-refractivity contribution is 0.282. The molecule has 110 valence electrons. The summed E-state index contributed by atoms with van der Waals surface area (Å²) in [6.45, 7) is 0.357. The summed E-state index contributed by atoms with van der Waals surface area (Å²) in [4.78, 5) is 0. The first-order valence-electron chi connectivity index (χ1n) is 6.27. The van der Waals surface area contributed by atoms with Gasteiger partial charge in [-0.1, -0.05) is 12.8 Å². The molecule has 4 nitrogen and oxygen atoms in total. The molecule has 0 saturated heterocycles. The van der Waals surface area contributed by atoms with E-state index < -0.39 is 10.0 Å². The first-order valence-corrected chi connectivity index (χ1v) is 10.0. The van der Waals surface area contributed by atoms with Gasteiger partial charge in [-0.2, -0.15) is 11.8 Å². The minimum absolute atomic E-state index is 0.124. The van der Waals surface area contributed by atoms with E-state index in [0.29, 0.717) is 12.1 Å². The van der Waals surface area contributed by atoms with Gasteiger partial charge in [0.05, 0.1) is 6.61 Å². The van der Waals surface area contributed by atoms with Crippen molar-refractivity contribution in [1.29, 1.82) is 0 Å². The number of hydrogen-bond acceptors (Lipinski definition) is 5. The third-order valence-electron chi connectivity index (χ3n) is 2.64. The molecule has 0 aliphatic rings. The Morgan fingerprint density at radius 2 is 2.05 bits per heavy atom. The summed E-state index contributed by atoms with van der Waals surface area (Å²) in [6, 6.07) is 1.52. The summed E-state index contributed by atoms with van der Waals surface area (Å²) in [5.41, 5.74) is 0.641. The standard InChI is InChI=1S/C12H21NO3S3/c1-17-7-5-3-2-4-6-13-19(15,16)12-8-11(9-14)10-18-12/h8,10,13-14H,2-7,9H2,1H3. The van der Waals surface area contributed by atoms with Crippen molar-refractivity contribution < 1.29 is 13.5 Å². The van der Waals surface area contributed by atoms with Crippen LogP contribution in [0.3, 0.4) is 0 Å². The SMILES string of the molecule is CSCCCCCCNS(=O)(=O)c1cc(CO)cs1. The molecule has 0 saturated carbocycles. The van der Waals surface area contributed by atoms with Crippen LogP contribution in [0.15, 0.2) is 15.7 Å². The average Bonchev–Trinajstić information content (AvgIpc) is 2.87. The summed E-state index contributed by atoms with van der Waals surface area (Å²) in [7, 11) is -3.39. The third kappa shape index (κ3) is 6.27. The number of aliphatic hydroxyl groups is 1. The number of sulfonamides is 1. The van der Waals surface area contributed by atoms with Crippen LogP contribution in [0, 0.1) is 0 Å². The Kier molecular flexibility index (Phi) is 8.01. The molecule has 19 heavy (non-hydrogen) atoms. The molecule has 0 radical (unpaired) electrons. The Labute approximate surface area is 123 Å². The lowest BCUT2D eigenvalue weighted by atomic mass is 10.2.